The van der Waals surface area contributed by atoms with E-state index >= 15 is 0 Å². The summed E-state index contributed by atoms with van der Waals surface area (Å²) < 4.78 is 6.80. The number of hydrogen-bond acceptors (Lipinski definition) is 5. The summed E-state index contributed by atoms with van der Waals surface area (Å²) in [6.45, 7) is 0. The molecule has 6 nitrogen and oxygen atoms in total. The molecule has 28 heavy (non-hydrogen) atoms. The van der Waals surface area contributed by atoms with E-state index in [9.17, 15) is 9.59 Å². The largest absolute Gasteiger partial charge is 0.497 e. The number of benzene rings is 2. The number of nitrogens with one attached hydrogen (secondary N) is 3. The molecule has 1 aromatic heterocycles. The first kappa shape index (κ1) is 20.8. The van der Waals surface area contributed by atoms with Crippen LogP contribution in [0.4, 0.5) is 0 Å². The topological polar surface area (TPSA) is 79.5 Å². The van der Waals surface area contributed by atoms with Gasteiger partial charge < -0.3 is 4.74 Å². The van der Waals surface area contributed by atoms with Crippen LogP contribution in [0.1, 0.15) is 20.0 Å². The molecule has 0 bridgehead atoms. The van der Waals surface area contributed by atoms with Crippen LogP contribution < -0.4 is 20.9 Å². The second kappa shape index (κ2) is 9.03. The number of thiophene rings is 1. The van der Waals surface area contributed by atoms with Crippen molar-refractivity contribution in [2.75, 3.05) is 7.11 Å². The van der Waals surface area contributed by atoms with Gasteiger partial charge >= 0.3 is 0 Å². The molecule has 144 valence electrons. The zero-order valence-electron chi connectivity index (χ0n) is 14.3. The molecule has 0 aliphatic heterocycles. The lowest BCUT2D eigenvalue weighted by Gasteiger charge is -2.11. The van der Waals surface area contributed by atoms with Gasteiger partial charge in [0.05, 0.1) is 17.7 Å². The van der Waals surface area contributed by atoms with E-state index in [0.29, 0.717) is 21.2 Å². The fourth-order valence-electron chi connectivity index (χ4n) is 2.34. The van der Waals surface area contributed by atoms with E-state index in [1.54, 1.807) is 37.4 Å². The number of hydrogen-bond donors (Lipinski definition) is 3. The number of methoxy groups -OCH3 is 1. The molecule has 3 rings (SSSR count). The second-order valence-electron chi connectivity index (χ2n) is 5.45. The van der Waals surface area contributed by atoms with Crippen molar-refractivity contribution in [3.05, 3.63) is 61.5 Å². The molecule has 0 radical (unpaired) electrons. The normalized spacial score (nSPS) is 10.4. The van der Waals surface area contributed by atoms with Crippen molar-refractivity contribution in [3.63, 3.8) is 0 Å². The predicted octanol–water partition coefficient (Wildman–Crippen LogP) is 4.12. The molecule has 0 aliphatic carbocycles. The summed E-state index contributed by atoms with van der Waals surface area (Å²) in [4.78, 5) is 25.0. The Morgan fingerprint density at radius 3 is 2.61 bits per heavy atom. The summed E-state index contributed by atoms with van der Waals surface area (Å²) >= 11 is 14.7. The van der Waals surface area contributed by atoms with Crippen molar-refractivity contribution < 1.29 is 14.3 Å². The monoisotopic (exact) mass is 545 g/mol. The minimum atomic E-state index is -0.466. The van der Waals surface area contributed by atoms with Crippen LogP contribution in [0.15, 0.2) is 42.5 Å². The summed E-state index contributed by atoms with van der Waals surface area (Å²) in [7, 11) is 1.57. The summed E-state index contributed by atoms with van der Waals surface area (Å²) in [5, 5.41) is 3.55. The second-order valence-corrected chi connectivity index (χ2v) is 8.45. The van der Waals surface area contributed by atoms with Gasteiger partial charge in [0.2, 0.25) is 0 Å². The van der Waals surface area contributed by atoms with Crippen molar-refractivity contribution >= 4 is 84.8 Å². The van der Waals surface area contributed by atoms with Gasteiger partial charge in [-0.15, -0.1) is 11.3 Å². The lowest BCUT2D eigenvalue weighted by Crippen LogP contribution is -2.48. The Morgan fingerprint density at radius 2 is 1.89 bits per heavy atom. The lowest BCUT2D eigenvalue weighted by atomic mass is 10.2. The van der Waals surface area contributed by atoms with E-state index in [1.807, 2.05) is 12.1 Å². The van der Waals surface area contributed by atoms with Crippen molar-refractivity contribution in [1.82, 2.24) is 16.2 Å². The third kappa shape index (κ3) is 4.54. The average molecular weight is 546 g/mol. The van der Waals surface area contributed by atoms with E-state index in [2.05, 4.69) is 38.8 Å². The molecule has 3 N–H and O–H groups in total. The van der Waals surface area contributed by atoms with Crippen molar-refractivity contribution in [2.24, 2.45) is 0 Å². The predicted molar refractivity (Wildman–Crippen MR) is 123 cm³/mol. The number of carbonyl (C=O) groups excluding carboxylic acids is 2. The van der Waals surface area contributed by atoms with Gasteiger partial charge in [-0.05, 0) is 65.1 Å². The molecule has 10 heteroatoms. The van der Waals surface area contributed by atoms with Crippen LogP contribution >= 0.6 is 57.7 Å². The van der Waals surface area contributed by atoms with Crippen LogP contribution in [0.3, 0.4) is 0 Å². The van der Waals surface area contributed by atoms with Gasteiger partial charge in [-0.2, -0.15) is 0 Å². The Labute approximate surface area is 188 Å². The molecule has 1 heterocycles. The maximum atomic E-state index is 12.5. The molecule has 0 fully saturated rings. The standard InChI is InChI=1S/C18H13ClIN3O3S2/c1-26-9-6-7-11-13(8-9)28-15(14(11)19)17(25)21-18(27)23-22-16(24)10-4-2-3-5-12(10)20/h2-8H,1H3,(H,22,24)(H2,21,23,25,27). The van der Waals surface area contributed by atoms with Crippen molar-refractivity contribution in [2.45, 2.75) is 0 Å². The molecule has 0 aliphatic rings. The van der Waals surface area contributed by atoms with Crippen LogP contribution in [0.2, 0.25) is 5.02 Å². The molecule has 0 atom stereocenters. The van der Waals surface area contributed by atoms with E-state index in [4.69, 9.17) is 28.6 Å². The maximum Gasteiger partial charge on any atom is 0.270 e. The molecular weight excluding hydrogens is 533 g/mol. The smallest absolute Gasteiger partial charge is 0.270 e. The zero-order valence-corrected chi connectivity index (χ0v) is 18.9. The molecule has 2 amide bonds. The van der Waals surface area contributed by atoms with Crippen LogP contribution in [0.5, 0.6) is 5.75 Å². The Bertz CT molecular complexity index is 1090. The number of halogens is 2. The van der Waals surface area contributed by atoms with E-state index < -0.39 is 5.91 Å². The van der Waals surface area contributed by atoms with Crippen molar-refractivity contribution in [1.29, 1.82) is 0 Å². The summed E-state index contributed by atoms with van der Waals surface area (Å²) in [5.74, 6) is -0.160. The molecule has 0 saturated carbocycles. The van der Waals surface area contributed by atoms with Gasteiger partial charge in [-0.1, -0.05) is 23.7 Å². The summed E-state index contributed by atoms with van der Waals surface area (Å²) in [6.07, 6.45) is 0. The number of hydrazine groups is 1. The summed E-state index contributed by atoms with van der Waals surface area (Å²) in [5.41, 5.74) is 5.47. The Hall–Kier alpha value is -1.95. The minimum absolute atomic E-state index is 0.0459. The van der Waals surface area contributed by atoms with Crippen LogP contribution in [-0.4, -0.2) is 24.0 Å². The Kier molecular flexibility index (Phi) is 6.70. The van der Waals surface area contributed by atoms with Crippen LogP contribution in [0.25, 0.3) is 10.1 Å². The van der Waals surface area contributed by atoms with Gasteiger partial charge in [0.25, 0.3) is 11.8 Å². The average Bonchev–Trinajstić information content (AvgIpc) is 3.02. The van der Waals surface area contributed by atoms with E-state index in [1.165, 1.54) is 11.3 Å². The highest BCUT2D eigenvalue weighted by Gasteiger charge is 2.19. The number of rotatable bonds is 3. The van der Waals surface area contributed by atoms with Gasteiger partial charge in [0.15, 0.2) is 5.11 Å². The lowest BCUT2D eigenvalue weighted by molar-refractivity contribution is 0.0934. The number of amides is 2. The number of fused-ring (bicyclic) bond motifs is 1. The Morgan fingerprint density at radius 1 is 1.14 bits per heavy atom. The SMILES string of the molecule is COc1ccc2c(Cl)c(C(=O)NC(=S)NNC(=O)c3ccccc3I)sc2c1. The third-order valence-electron chi connectivity index (χ3n) is 3.68. The van der Waals surface area contributed by atoms with Crippen LogP contribution in [0, 0.1) is 3.57 Å². The molecule has 3 aromatic rings. The number of thiocarbonyl (C=S) groups is 1. The minimum Gasteiger partial charge on any atom is -0.497 e. The zero-order chi connectivity index (χ0) is 20.3. The highest BCUT2D eigenvalue weighted by Crippen LogP contribution is 2.37. The molecule has 0 spiro atoms. The number of ether oxygens (including phenoxy) is 1. The Balaban J connectivity index is 1.65. The first-order valence-corrected chi connectivity index (χ1v) is 10.5. The molecule has 0 saturated heterocycles. The van der Waals surface area contributed by atoms with Gasteiger partial charge in [0.1, 0.15) is 10.6 Å². The highest BCUT2D eigenvalue weighted by atomic mass is 127. The fraction of sp³-hybridized carbons (Fsp3) is 0.0556. The maximum absolute atomic E-state index is 12.5. The van der Waals surface area contributed by atoms with E-state index in [0.717, 1.165) is 13.7 Å². The summed E-state index contributed by atoms with van der Waals surface area (Å²) in [6, 6.07) is 12.5. The fourth-order valence-corrected chi connectivity index (χ4v) is 4.55. The van der Waals surface area contributed by atoms with Gasteiger partial charge in [-0.25, -0.2) is 0 Å². The third-order valence-corrected chi connectivity index (χ3v) is 6.48. The first-order valence-electron chi connectivity index (χ1n) is 7.83. The van der Waals surface area contributed by atoms with Crippen LogP contribution in [-0.2, 0) is 0 Å². The quantitative estimate of drug-likeness (QED) is 0.262. The number of carbonyl (C=O) groups is 2. The van der Waals surface area contributed by atoms with Crippen molar-refractivity contribution in [3.8, 4) is 5.75 Å². The highest BCUT2D eigenvalue weighted by molar-refractivity contribution is 14.1. The van der Waals surface area contributed by atoms with Gasteiger partial charge in [-0.3, -0.25) is 25.8 Å². The van der Waals surface area contributed by atoms with E-state index in [-0.39, 0.29) is 11.0 Å². The molecular formula is C18H13ClIN3O3S2. The molecule has 0 unspecified atom stereocenters. The molecule has 2 aromatic carbocycles. The van der Waals surface area contributed by atoms with Gasteiger partial charge in [0, 0.05) is 13.7 Å². The first-order chi connectivity index (χ1) is 13.4.